The number of hydrogen-bond donors (Lipinski definition) is 0. The van der Waals surface area contributed by atoms with Crippen molar-refractivity contribution in [2.24, 2.45) is 0 Å². The minimum atomic E-state index is -0.307. The average Bonchev–Trinajstić information content (AvgIpc) is 2.19. The number of carbonyl (C=O) groups excluding carboxylic acids is 1. The highest BCUT2D eigenvalue weighted by Gasteiger charge is 2.06. The van der Waals surface area contributed by atoms with Crippen LogP contribution in [0.25, 0.3) is 0 Å². The molecule has 0 aliphatic carbocycles. The fourth-order valence-electron chi connectivity index (χ4n) is 0.889. The van der Waals surface area contributed by atoms with Crippen molar-refractivity contribution >= 4 is 21.9 Å². The van der Waals surface area contributed by atoms with E-state index < -0.39 is 0 Å². The second kappa shape index (κ2) is 5.75. The Bertz CT molecular complexity index is 297. The first kappa shape index (κ1) is 11.2. The number of nitrogens with zero attached hydrogens (tertiary/aromatic N) is 1. The van der Waals surface area contributed by atoms with Gasteiger partial charge >= 0.3 is 5.97 Å². The van der Waals surface area contributed by atoms with E-state index in [4.69, 9.17) is 4.74 Å². The molecule has 0 amide bonds. The molecule has 14 heavy (non-hydrogen) atoms. The Labute approximate surface area is 91.6 Å². The summed E-state index contributed by atoms with van der Waals surface area (Å²) in [6.45, 7) is 2.53. The molecule has 0 bridgehead atoms. The van der Waals surface area contributed by atoms with E-state index in [-0.39, 0.29) is 5.97 Å². The Morgan fingerprint density at radius 1 is 1.57 bits per heavy atom. The molecule has 3 nitrogen and oxygen atoms in total. The van der Waals surface area contributed by atoms with E-state index >= 15 is 0 Å². The molecule has 4 heteroatoms. The molecule has 1 heterocycles. The summed E-state index contributed by atoms with van der Waals surface area (Å²) in [6, 6.07) is 3.40. The Morgan fingerprint density at radius 2 is 2.36 bits per heavy atom. The first-order valence-corrected chi connectivity index (χ1v) is 5.32. The first-order valence-electron chi connectivity index (χ1n) is 4.52. The molecule has 1 aromatic rings. The maximum atomic E-state index is 11.4. The van der Waals surface area contributed by atoms with Gasteiger partial charge in [-0.2, -0.15) is 0 Å². The van der Waals surface area contributed by atoms with Gasteiger partial charge in [0, 0.05) is 6.20 Å². The molecule has 0 saturated carbocycles. The SMILES string of the molecule is CCCCOC(=O)c1ccc(Br)nc1. The van der Waals surface area contributed by atoms with Crippen LogP contribution in [0.15, 0.2) is 22.9 Å². The number of ether oxygens (including phenoxy) is 1. The Kier molecular flexibility index (Phi) is 4.59. The number of rotatable bonds is 4. The summed E-state index contributed by atoms with van der Waals surface area (Å²) < 4.78 is 5.72. The molecule has 76 valence electrons. The third-order valence-corrected chi connectivity index (χ3v) is 2.16. The highest BCUT2D eigenvalue weighted by atomic mass is 79.9. The second-order valence-corrected chi connectivity index (χ2v) is 3.67. The molecule has 0 aliphatic rings. The average molecular weight is 258 g/mol. The van der Waals surface area contributed by atoms with E-state index in [1.54, 1.807) is 12.1 Å². The molecular formula is C10H12BrNO2. The number of aromatic nitrogens is 1. The lowest BCUT2D eigenvalue weighted by molar-refractivity contribution is 0.0499. The van der Waals surface area contributed by atoms with Crippen molar-refractivity contribution in [3.8, 4) is 0 Å². The molecule has 0 spiro atoms. The Hall–Kier alpha value is -0.900. The third-order valence-electron chi connectivity index (χ3n) is 1.69. The largest absolute Gasteiger partial charge is 0.462 e. The standard InChI is InChI=1S/C10H12BrNO2/c1-2-3-6-14-10(13)8-4-5-9(11)12-7-8/h4-5,7H,2-3,6H2,1H3. The van der Waals surface area contributed by atoms with E-state index in [0.717, 1.165) is 12.8 Å². The highest BCUT2D eigenvalue weighted by molar-refractivity contribution is 9.10. The predicted octanol–water partition coefficient (Wildman–Crippen LogP) is 2.80. The number of esters is 1. The van der Waals surface area contributed by atoms with E-state index in [9.17, 15) is 4.79 Å². The maximum absolute atomic E-state index is 11.4. The third kappa shape index (κ3) is 3.46. The minimum Gasteiger partial charge on any atom is -0.462 e. The zero-order valence-electron chi connectivity index (χ0n) is 8.00. The normalized spacial score (nSPS) is 9.86. The topological polar surface area (TPSA) is 39.2 Å². The van der Waals surface area contributed by atoms with Crippen LogP contribution in [0.1, 0.15) is 30.1 Å². The smallest absolute Gasteiger partial charge is 0.339 e. The number of carbonyl (C=O) groups is 1. The quantitative estimate of drug-likeness (QED) is 0.473. The summed E-state index contributed by atoms with van der Waals surface area (Å²) in [5.74, 6) is -0.307. The van der Waals surface area contributed by atoms with Gasteiger partial charge in [-0.05, 0) is 34.5 Å². The van der Waals surface area contributed by atoms with Crippen LogP contribution in [0, 0.1) is 0 Å². The van der Waals surface area contributed by atoms with Crippen molar-refractivity contribution in [2.75, 3.05) is 6.61 Å². The molecule has 0 fully saturated rings. The zero-order chi connectivity index (χ0) is 10.4. The van der Waals surface area contributed by atoms with Crippen molar-refractivity contribution in [1.29, 1.82) is 0 Å². The van der Waals surface area contributed by atoms with Crippen LogP contribution in [-0.4, -0.2) is 17.6 Å². The maximum Gasteiger partial charge on any atom is 0.339 e. The van der Waals surface area contributed by atoms with E-state index in [2.05, 4.69) is 27.8 Å². The fraction of sp³-hybridized carbons (Fsp3) is 0.400. The van der Waals surface area contributed by atoms with Gasteiger partial charge in [-0.15, -0.1) is 0 Å². The highest BCUT2D eigenvalue weighted by Crippen LogP contribution is 2.07. The van der Waals surface area contributed by atoms with Gasteiger partial charge in [-0.25, -0.2) is 9.78 Å². The molecule has 0 N–H and O–H groups in total. The fourth-order valence-corrected chi connectivity index (χ4v) is 1.12. The molecule has 0 unspecified atom stereocenters. The summed E-state index contributed by atoms with van der Waals surface area (Å²) in [5, 5.41) is 0. The Balaban J connectivity index is 2.48. The summed E-state index contributed by atoms with van der Waals surface area (Å²) >= 11 is 3.20. The van der Waals surface area contributed by atoms with Crippen LogP contribution in [-0.2, 0) is 4.74 Å². The monoisotopic (exact) mass is 257 g/mol. The first-order chi connectivity index (χ1) is 6.74. The molecule has 0 atom stereocenters. The van der Waals surface area contributed by atoms with Crippen LogP contribution in [0.5, 0.6) is 0 Å². The van der Waals surface area contributed by atoms with Gasteiger partial charge in [-0.1, -0.05) is 13.3 Å². The van der Waals surface area contributed by atoms with Gasteiger partial charge in [0.1, 0.15) is 4.60 Å². The molecule has 1 aromatic heterocycles. The molecule has 1 rings (SSSR count). The zero-order valence-corrected chi connectivity index (χ0v) is 9.58. The van der Waals surface area contributed by atoms with Gasteiger partial charge in [0.05, 0.1) is 12.2 Å². The molecule has 0 saturated heterocycles. The van der Waals surface area contributed by atoms with Crippen molar-refractivity contribution < 1.29 is 9.53 Å². The molecule has 0 radical (unpaired) electrons. The van der Waals surface area contributed by atoms with Gasteiger partial charge < -0.3 is 4.74 Å². The van der Waals surface area contributed by atoms with Crippen molar-refractivity contribution in [3.63, 3.8) is 0 Å². The molecular weight excluding hydrogens is 246 g/mol. The van der Waals surface area contributed by atoms with Crippen LogP contribution < -0.4 is 0 Å². The molecule has 0 aliphatic heterocycles. The van der Waals surface area contributed by atoms with Crippen molar-refractivity contribution in [1.82, 2.24) is 4.98 Å². The van der Waals surface area contributed by atoms with Crippen molar-refractivity contribution in [3.05, 3.63) is 28.5 Å². The van der Waals surface area contributed by atoms with Crippen molar-refractivity contribution in [2.45, 2.75) is 19.8 Å². The van der Waals surface area contributed by atoms with Gasteiger partial charge in [0.2, 0.25) is 0 Å². The summed E-state index contributed by atoms with van der Waals surface area (Å²) in [7, 11) is 0. The second-order valence-electron chi connectivity index (χ2n) is 2.86. The molecule has 0 aromatic carbocycles. The van der Waals surface area contributed by atoms with Crippen LogP contribution in [0.4, 0.5) is 0 Å². The van der Waals surface area contributed by atoms with E-state index in [0.29, 0.717) is 16.8 Å². The lowest BCUT2D eigenvalue weighted by Crippen LogP contribution is -2.06. The number of unbranched alkanes of at least 4 members (excludes halogenated alkanes) is 1. The summed E-state index contributed by atoms with van der Waals surface area (Å²) in [6.07, 6.45) is 3.42. The van der Waals surface area contributed by atoms with E-state index in [1.807, 2.05) is 0 Å². The number of halogens is 1. The summed E-state index contributed by atoms with van der Waals surface area (Å²) in [4.78, 5) is 15.3. The van der Waals surface area contributed by atoms with Gasteiger partial charge in [-0.3, -0.25) is 0 Å². The Morgan fingerprint density at radius 3 is 2.93 bits per heavy atom. The predicted molar refractivity (Wildman–Crippen MR) is 57.1 cm³/mol. The van der Waals surface area contributed by atoms with Crippen LogP contribution >= 0.6 is 15.9 Å². The van der Waals surface area contributed by atoms with E-state index in [1.165, 1.54) is 6.20 Å². The van der Waals surface area contributed by atoms with Gasteiger partial charge in [0.25, 0.3) is 0 Å². The van der Waals surface area contributed by atoms with Crippen LogP contribution in [0.2, 0.25) is 0 Å². The lowest BCUT2D eigenvalue weighted by atomic mass is 10.3. The number of pyridine rings is 1. The van der Waals surface area contributed by atoms with Crippen LogP contribution in [0.3, 0.4) is 0 Å². The lowest BCUT2D eigenvalue weighted by Gasteiger charge is -2.02. The van der Waals surface area contributed by atoms with Gasteiger partial charge in [0.15, 0.2) is 0 Å². The number of hydrogen-bond acceptors (Lipinski definition) is 3. The minimum absolute atomic E-state index is 0.307. The summed E-state index contributed by atoms with van der Waals surface area (Å²) in [5.41, 5.74) is 0.490.